The van der Waals surface area contributed by atoms with Gasteiger partial charge >= 0.3 is 0 Å². The summed E-state index contributed by atoms with van der Waals surface area (Å²) in [7, 11) is 0. The Morgan fingerprint density at radius 2 is 2.44 bits per heavy atom. The fourth-order valence-corrected chi connectivity index (χ4v) is 4.18. The third kappa shape index (κ3) is 3.02. The molecule has 0 aromatic carbocycles. The van der Waals surface area contributed by atoms with Crippen LogP contribution in [0.3, 0.4) is 0 Å². The summed E-state index contributed by atoms with van der Waals surface area (Å²) in [5, 5.41) is 3.88. The highest BCUT2D eigenvalue weighted by Crippen LogP contribution is 2.31. The first-order valence-corrected chi connectivity index (χ1v) is 8.44. The lowest BCUT2D eigenvalue weighted by molar-refractivity contribution is 0.0958. The molecular formula is C11H14BrNOS2. The third-order valence-corrected chi connectivity index (χ3v) is 5.25. The Morgan fingerprint density at radius 1 is 1.56 bits per heavy atom. The molecule has 1 amide bonds. The molecule has 5 heteroatoms. The topological polar surface area (TPSA) is 29.1 Å². The van der Waals surface area contributed by atoms with E-state index >= 15 is 0 Å². The van der Waals surface area contributed by atoms with Gasteiger partial charge in [-0.05, 0) is 30.2 Å². The number of hydrogen-bond acceptors (Lipinski definition) is 3. The molecule has 0 atom stereocenters. The summed E-state index contributed by atoms with van der Waals surface area (Å²) < 4.78 is 0. The summed E-state index contributed by atoms with van der Waals surface area (Å²) in [4.78, 5) is 14.1. The molecule has 0 radical (unpaired) electrons. The van der Waals surface area contributed by atoms with E-state index in [2.05, 4.69) is 27.3 Å². The van der Waals surface area contributed by atoms with Gasteiger partial charge in [0.25, 0.3) is 5.91 Å². The molecule has 0 aliphatic carbocycles. The van der Waals surface area contributed by atoms with Crippen molar-refractivity contribution in [1.82, 2.24) is 5.32 Å². The fourth-order valence-electron chi connectivity index (χ4n) is 1.61. The number of fused-ring (bicyclic) bond motifs is 1. The van der Waals surface area contributed by atoms with E-state index in [0.29, 0.717) is 0 Å². The summed E-state index contributed by atoms with van der Waals surface area (Å²) in [5.41, 5.74) is 1.37. The SMILES string of the molecule is O=C(NCCCBr)c1cc2c(s1)CCSC2. The quantitative estimate of drug-likeness (QED) is 0.682. The maximum Gasteiger partial charge on any atom is 0.261 e. The molecule has 0 unspecified atom stereocenters. The van der Waals surface area contributed by atoms with Gasteiger partial charge in [0, 0.05) is 22.5 Å². The van der Waals surface area contributed by atoms with Crippen LogP contribution < -0.4 is 5.32 Å². The molecule has 1 aromatic rings. The van der Waals surface area contributed by atoms with Crippen LogP contribution in [0.25, 0.3) is 0 Å². The minimum absolute atomic E-state index is 0.0883. The Kier molecular flexibility index (Phi) is 4.73. The molecule has 0 spiro atoms. The van der Waals surface area contributed by atoms with Crippen molar-refractivity contribution < 1.29 is 4.79 Å². The molecule has 2 rings (SSSR count). The van der Waals surface area contributed by atoms with Crippen LogP contribution in [0.2, 0.25) is 0 Å². The maximum atomic E-state index is 11.8. The van der Waals surface area contributed by atoms with Crippen molar-refractivity contribution in [2.75, 3.05) is 17.6 Å². The highest BCUT2D eigenvalue weighted by molar-refractivity contribution is 9.09. The molecule has 88 valence electrons. The van der Waals surface area contributed by atoms with Crippen molar-refractivity contribution in [1.29, 1.82) is 0 Å². The summed E-state index contributed by atoms with van der Waals surface area (Å²) >= 11 is 6.97. The second-order valence-electron chi connectivity index (χ2n) is 3.66. The van der Waals surface area contributed by atoms with Gasteiger partial charge in [-0.15, -0.1) is 11.3 Å². The maximum absolute atomic E-state index is 11.8. The molecular weight excluding hydrogens is 306 g/mol. The monoisotopic (exact) mass is 319 g/mol. The molecule has 1 aliphatic rings. The zero-order valence-corrected chi connectivity index (χ0v) is 12.1. The Hall–Kier alpha value is -0.000000000000000111. The number of thioether (sulfide) groups is 1. The van der Waals surface area contributed by atoms with Gasteiger partial charge in [0.15, 0.2) is 0 Å². The van der Waals surface area contributed by atoms with Gasteiger partial charge in [0.2, 0.25) is 0 Å². The molecule has 1 aromatic heterocycles. The van der Waals surface area contributed by atoms with E-state index in [1.165, 1.54) is 16.2 Å². The fraction of sp³-hybridized carbons (Fsp3) is 0.545. The zero-order chi connectivity index (χ0) is 11.4. The summed E-state index contributed by atoms with van der Waals surface area (Å²) in [6.07, 6.45) is 2.10. The molecule has 1 N–H and O–H groups in total. The minimum atomic E-state index is 0.0883. The number of thiophene rings is 1. The number of aryl methyl sites for hydroxylation is 1. The molecule has 0 saturated carbocycles. The standard InChI is InChI=1S/C11H14BrNOS2/c12-3-1-4-13-11(14)10-6-8-7-15-5-2-9(8)16-10/h6H,1-5,7H2,(H,13,14). The lowest BCUT2D eigenvalue weighted by atomic mass is 10.2. The Labute approximate surface area is 112 Å². The van der Waals surface area contributed by atoms with E-state index in [4.69, 9.17) is 0 Å². The summed E-state index contributed by atoms with van der Waals surface area (Å²) in [6.45, 7) is 0.751. The van der Waals surface area contributed by atoms with Crippen molar-refractivity contribution in [2.45, 2.75) is 18.6 Å². The number of hydrogen-bond donors (Lipinski definition) is 1. The zero-order valence-electron chi connectivity index (χ0n) is 8.92. The van der Waals surface area contributed by atoms with Crippen molar-refractivity contribution >= 4 is 44.9 Å². The van der Waals surface area contributed by atoms with Gasteiger partial charge in [-0.2, -0.15) is 11.8 Å². The highest BCUT2D eigenvalue weighted by Gasteiger charge is 2.16. The second kappa shape index (κ2) is 6.07. The van der Waals surface area contributed by atoms with Crippen LogP contribution in [0.4, 0.5) is 0 Å². The van der Waals surface area contributed by atoms with Crippen LogP contribution in [0.15, 0.2) is 6.07 Å². The second-order valence-corrected chi connectivity index (χ2v) is 6.70. The third-order valence-electron chi connectivity index (χ3n) is 2.45. The molecule has 2 heterocycles. The first-order valence-electron chi connectivity index (χ1n) is 5.34. The molecule has 0 bridgehead atoms. The van der Waals surface area contributed by atoms with Crippen LogP contribution >= 0.6 is 39.0 Å². The van der Waals surface area contributed by atoms with E-state index in [-0.39, 0.29) is 5.91 Å². The smallest absolute Gasteiger partial charge is 0.261 e. The van der Waals surface area contributed by atoms with Crippen LogP contribution in [-0.4, -0.2) is 23.5 Å². The van der Waals surface area contributed by atoms with Crippen LogP contribution in [0, 0.1) is 0 Å². The molecule has 1 aliphatic heterocycles. The summed E-state index contributed by atoms with van der Waals surface area (Å²) in [5.74, 6) is 2.35. The van der Waals surface area contributed by atoms with Gasteiger partial charge < -0.3 is 5.32 Å². The lowest BCUT2D eigenvalue weighted by Crippen LogP contribution is -2.23. The van der Waals surface area contributed by atoms with E-state index in [1.807, 2.05) is 11.8 Å². The first-order chi connectivity index (χ1) is 7.81. The van der Waals surface area contributed by atoms with Crippen molar-refractivity contribution in [3.8, 4) is 0 Å². The molecule has 0 fully saturated rings. The Bertz CT molecular complexity index is 355. The lowest BCUT2D eigenvalue weighted by Gasteiger charge is -2.08. The van der Waals surface area contributed by atoms with Gasteiger partial charge in [-0.3, -0.25) is 4.79 Å². The first kappa shape index (κ1) is 12.5. The number of halogens is 1. The normalized spacial score (nSPS) is 14.6. The average Bonchev–Trinajstić information content (AvgIpc) is 2.73. The average molecular weight is 320 g/mol. The number of alkyl halides is 1. The minimum Gasteiger partial charge on any atom is -0.351 e. The predicted molar refractivity (Wildman–Crippen MR) is 74.9 cm³/mol. The van der Waals surface area contributed by atoms with Crippen LogP contribution in [-0.2, 0) is 12.2 Å². The number of rotatable bonds is 4. The number of carbonyl (C=O) groups is 1. The number of amides is 1. The van der Waals surface area contributed by atoms with Crippen molar-refractivity contribution in [2.24, 2.45) is 0 Å². The predicted octanol–water partition coefficient (Wildman–Crippen LogP) is 3.05. The van der Waals surface area contributed by atoms with E-state index in [1.54, 1.807) is 11.3 Å². The van der Waals surface area contributed by atoms with Crippen LogP contribution in [0.5, 0.6) is 0 Å². The van der Waals surface area contributed by atoms with Gasteiger partial charge in [-0.25, -0.2) is 0 Å². The van der Waals surface area contributed by atoms with Crippen LogP contribution in [0.1, 0.15) is 26.5 Å². The molecule has 2 nitrogen and oxygen atoms in total. The largest absolute Gasteiger partial charge is 0.351 e. The van der Waals surface area contributed by atoms with E-state index in [0.717, 1.165) is 35.3 Å². The highest BCUT2D eigenvalue weighted by atomic mass is 79.9. The van der Waals surface area contributed by atoms with E-state index in [9.17, 15) is 4.79 Å². The molecule has 16 heavy (non-hydrogen) atoms. The Balaban J connectivity index is 1.98. The van der Waals surface area contributed by atoms with Crippen molar-refractivity contribution in [3.05, 3.63) is 21.4 Å². The number of carbonyl (C=O) groups excluding carboxylic acids is 1. The van der Waals surface area contributed by atoms with Gasteiger partial charge in [-0.1, -0.05) is 15.9 Å². The number of nitrogens with one attached hydrogen (secondary N) is 1. The Morgan fingerprint density at radius 3 is 3.19 bits per heavy atom. The van der Waals surface area contributed by atoms with E-state index < -0.39 is 0 Å². The van der Waals surface area contributed by atoms with Crippen molar-refractivity contribution in [3.63, 3.8) is 0 Å². The summed E-state index contributed by atoms with van der Waals surface area (Å²) in [6, 6.07) is 2.07. The molecule has 0 saturated heterocycles. The van der Waals surface area contributed by atoms with Gasteiger partial charge in [0.1, 0.15) is 0 Å². The van der Waals surface area contributed by atoms with Gasteiger partial charge in [0.05, 0.1) is 4.88 Å².